The molecule has 1 aliphatic rings. The average Bonchev–Trinajstić information content (AvgIpc) is 2.72. The number of aromatic amines is 1. The molecule has 0 unspecified atom stereocenters. The number of H-pyrrole nitrogens is 1. The Morgan fingerprint density at radius 1 is 1.48 bits per heavy atom. The standard InChI is InChI=1S/C9H13N2O9P/c12-3-6-4(13)1-7(19-6)11-2-5(20-21(16,17)18)8(14)10-9(11)15/h2,4,6-7,12-13H,1,3H2,(H,10,14,15)(H2,16,17,18)/t4-,6+,7+/m0/s1. The van der Waals surface area contributed by atoms with Crippen molar-refractivity contribution in [1.29, 1.82) is 0 Å². The summed E-state index contributed by atoms with van der Waals surface area (Å²) in [6.07, 6.45) is -2.21. The summed E-state index contributed by atoms with van der Waals surface area (Å²) in [5, 5.41) is 18.6. The van der Waals surface area contributed by atoms with Crippen molar-refractivity contribution < 1.29 is 33.8 Å². The SMILES string of the molecule is O=c1[nH]c(=O)n([C@H]2C[C@H](O)[C@@H](CO)O2)cc1OP(=O)(O)O. The molecule has 0 bridgehead atoms. The first kappa shape index (κ1) is 15.9. The second-order valence-corrected chi connectivity index (χ2v) is 5.52. The second-order valence-electron chi connectivity index (χ2n) is 4.36. The Hall–Kier alpha value is -1.49. The molecule has 1 aromatic rings. The second kappa shape index (κ2) is 5.72. The van der Waals surface area contributed by atoms with Gasteiger partial charge in [-0.2, -0.15) is 0 Å². The highest BCUT2D eigenvalue weighted by Gasteiger charge is 2.35. The van der Waals surface area contributed by atoms with Crippen LogP contribution in [0.5, 0.6) is 5.75 Å². The molecule has 0 amide bonds. The first-order chi connectivity index (χ1) is 9.71. The summed E-state index contributed by atoms with van der Waals surface area (Å²) in [6, 6.07) is 0. The third-order valence-electron chi connectivity index (χ3n) is 2.85. The van der Waals surface area contributed by atoms with Crippen LogP contribution in [0.15, 0.2) is 15.8 Å². The van der Waals surface area contributed by atoms with Gasteiger partial charge in [0.05, 0.1) is 18.9 Å². The Morgan fingerprint density at radius 2 is 2.14 bits per heavy atom. The molecule has 12 heteroatoms. The van der Waals surface area contributed by atoms with E-state index in [2.05, 4.69) is 4.52 Å². The van der Waals surface area contributed by atoms with Crippen molar-refractivity contribution in [3.63, 3.8) is 0 Å². The Morgan fingerprint density at radius 3 is 2.67 bits per heavy atom. The van der Waals surface area contributed by atoms with Gasteiger partial charge in [-0.25, -0.2) is 9.36 Å². The fraction of sp³-hybridized carbons (Fsp3) is 0.556. The van der Waals surface area contributed by atoms with Gasteiger partial charge in [0, 0.05) is 6.42 Å². The minimum atomic E-state index is -4.98. The summed E-state index contributed by atoms with van der Waals surface area (Å²) in [4.78, 5) is 42.3. The fourth-order valence-electron chi connectivity index (χ4n) is 1.92. The van der Waals surface area contributed by atoms with E-state index >= 15 is 0 Å². The van der Waals surface area contributed by atoms with Gasteiger partial charge in [0.2, 0.25) is 5.75 Å². The Kier molecular flexibility index (Phi) is 4.33. The number of phosphoric ester groups is 1. The normalized spacial score (nSPS) is 26.0. The molecule has 0 saturated carbocycles. The molecule has 0 aromatic carbocycles. The van der Waals surface area contributed by atoms with Crippen LogP contribution in [0, 0.1) is 0 Å². The highest BCUT2D eigenvalue weighted by Crippen LogP contribution is 2.36. The van der Waals surface area contributed by atoms with Gasteiger partial charge in [0.1, 0.15) is 12.3 Å². The molecule has 1 aliphatic heterocycles. The summed E-state index contributed by atoms with van der Waals surface area (Å²) >= 11 is 0. The van der Waals surface area contributed by atoms with Crippen molar-refractivity contribution in [3.8, 4) is 5.75 Å². The molecule has 0 aliphatic carbocycles. The first-order valence-corrected chi connectivity index (χ1v) is 7.29. The van der Waals surface area contributed by atoms with Gasteiger partial charge in [0.15, 0.2) is 0 Å². The van der Waals surface area contributed by atoms with Crippen LogP contribution in [-0.2, 0) is 9.30 Å². The van der Waals surface area contributed by atoms with Crippen LogP contribution < -0.4 is 15.8 Å². The summed E-state index contributed by atoms with van der Waals surface area (Å²) in [6.45, 7) is -0.471. The maximum atomic E-state index is 11.7. The predicted octanol–water partition coefficient (Wildman–Crippen LogP) is -2.35. The largest absolute Gasteiger partial charge is 0.525 e. The van der Waals surface area contributed by atoms with Gasteiger partial charge in [-0.05, 0) is 0 Å². The number of aliphatic hydroxyl groups excluding tert-OH is 2. The summed E-state index contributed by atoms with van der Waals surface area (Å²) in [5.74, 6) is -0.770. The smallest absolute Gasteiger partial charge is 0.397 e. The van der Waals surface area contributed by atoms with Gasteiger partial charge >= 0.3 is 13.5 Å². The fourth-order valence-corrected chi connectivity index (χ4v) is 2.31. The van der Waals surface area contributed by atoms with Crippen LogP contribution in [0.3, 0.4) is 0 Å². The Bertz CT molecular complexity index is 677. The van der Waals surface area contributed by atoms with E-state index < -0.39 is 49.9 Å². The molecule has 11 nitrogen and oxygen atoms in total. The molecule has 1 saturated heterocycles. The van der Waals surface area contributed by atoms with Crippen LogP contribution in [-0.4, -0.2) is 48.4 Å². The zero-order valence-corrected chi connectivity index (χ0v) is 11.3. The molecule has 1 aromatic heterocycles. The molecular formula is C9H13N2O9P. The van der Waals surface area contributed by atoms with Crippen LogP contribution in [0.4, 0.5) is 0 Å². The molecule has 21 heavy (non-hydrogen) atoms. The highest BCUT2D eigenvalue weighted by atomic mass is 31.2. The third kappa shape index (κ3) is 3.59. The van der Waals surface area contributed by atoms with Crippen molar-refractivity contribution >= 4 is 7.82 Å². The number of nitrogens with one attached hydrogen (secondary N) is 1. The summed E-state index contributed by atoms with van der Waals surface area (Å²) in [5.41, 5.74) is -2.02. The number of nitrogens with zero attached hydrogens (tertiary/aromatic N) is 1. The minimum absolute atomic E-state index is 0.0491. The maximum Gasteiger partial charge on any atom is 0.525 e. The van der Waals surface area contributed by atoms with Crippen LogP contribution >= 0.6 is 7.82 Å². The number of hydrogen-bond donors (Lipinski definition) is 5. The highest BCUT2D eigenvalue weighted by molar-refractivity contribution is 7.46. The topological polar surface area (TPSA) is 171 Å². The number of aliphatic hydroxyl groups is 2. The lowest BCUT2D eigenvalue weighted by Gasteiger charge is -2.15. The van der Waals surface area contributed by atoms with E-state index in [1.165, 1.54) is 0 Å². The van der Waals surface area contributed by atoms with E-state index in [4.69, 9.17) is 19.6 Å². The van der Waals surface area contributed by atoms with Gasteiger partial charge < -0.3 is 19.5 Å². The molecule has 3 atom stereocenters. The van der Waals surface area contributed by atoms with Gasteiger partial charge in [-0.3, -0.25) is 24.1 Å². The number of hydrogen-bond acceptors (Lipinski definition) is 7. The van der Waals surface area contributed by atoms with Crippen LogP contribution in [0.2, 0.25) is 0 Å². The molecule has 2 heterocycles. The lowest BCUT2D eigenvalue weighted by Crippen LogP contribution is -2.33. The minimum Gasteiger partial charge on any atom is -0.397 e. The van der Waals surface area contributed by atoms with Crippen molar-refractivity contribution in [1.82, 2.24) is 9.55 Å². The quantitative estimate of drug-likeness (QED) is 0.380. The molecular weight excluding hydrogens is 311 g/mol. The maximum absolute atomic E-state index is 11.7. The van der Waals surface area contributed by atoms with Gasteiger partial charge in [-0.1, -0.05) is 0 Å². The monoisotopic (exact) mass is 324 g/mol. The Balaban J connectivity index is 2.37. The first-order valence-electron chi connectivity index (χ1n) is 5.76. The van der Waals surface area contributed by atoms with E-state index in [1.807, 2.05) is 4.98 Å². The van der Waals surface area contributed by atoms with Crippen LogP contribution in [0.1, 0.15) is 12.6 Å². The zero-order valence-electron chi connectivity index (χ0n) is 10.4. The van der Waals surface area contributed by atoms with Crippen molar-refractivity contribution in [3.05, 3.63) is 27.0 Å². The third-order valence-corrected chi connectivity index (χ3v) is 3.28. The van der Waals surface area contributed by atoms with E-state index in [1.54, 1.807) is 0 Å². The number of phosphoric acid groups is 1. The van der Waals surface area contributed by atoms with E-state index in [0.29, 0.717) is 0 Å². The van der Waals surface area contributed by atoms with E-state index in [0.717, 1.165) is 10.8 Å². The van der Waals surface area contributed by atoms with Gasteiger partial charge in [-0.15, -0.1) is 0 Å². The summed E-state index contributed by atoms with van der Waals surface area (Å²) < 4.78 is 20.9. The number of aromatic nitrogens is 2. The zero-order chi connectivity index (χ0) is 15.8. The van der Waals surface area contributed by atoms with Gasteiger partial charge in [0.25, 0.3) is 5.56 Å². The van der Waals surface area contributed by atoms with E-state index in [-0.39, 0.29) is 6.42 Å². The lowest BCUT2D eigenvalue weighted by molar-refractivity contribution is -0.0460. The number of ether oxygens (including phenoxy) is 1. The van der Waals surface area contributed by atoms with E-state index in [9.17, 15) is 19.3 Å². The van der Waals surface area contributed by atoms with Crippen molar-refractivity contribution in [2.45, 2.75) is 24.9 Å². The Labute approximate surface area is 116 Å². The molecule has 1 fully saturated rings. The lowest BCUT2D eigenvalue weighted by atomic mass is 10.2. The summed E-state index contributed by atoms with van der Waals surface area (Å²) in [7, 11) is -4.98. The molecule has 118 valence electrons. The predicted molar refractivity (Wildman–Crippen MR) is 65.6 cm³/mol. The van der Waals surface area contributed by atoms with Crippen LogP contribution in [0.25, 0.3) is 0 Å². The number of rotatable bonds is 4. The molecule has 0 radical (unpaired) electrons. The average molecular weight is 324 g/mol. The molecule has 0 spiro atoms. The van der Waals surface area contributed by atoms with Crippen molar-refractivity contribution in [2.24, 2.45) is 0 Å². The molecule has 2 rings (SSSR count). The van der Waals surface area contributed by atoms with Crippen molar-refractivity contribution in [2.75, 3.05) is 6.61 Å². The molecule has 5 N–H and O–H groups in total.